The van der Waals surface area contributed by atoms with Crippen LogP contribution in [0.1, 0.15) is 39.3 Å². The second-order valence-corrected chi connectivity index (χ2v) is 7.05. The van der Waals surface area contributed by atoms with Gasteiger partial charge in [-0.25, -0.2) is 4.39 Å². The Bertz CT molecular complexity index is 782. The molecule has 0 aliphatic carbocycles. The van der Waals surface area contributed by atoms with Crippen LogP contribution in [0, 0.1) is 18.7 Å². The standard InChI is InChI=1S/C21H24FN3O2/c1-15-2-3-18(13-23-15)21(27)24-12-16-8-10-25(11-9-16)14-20(26)17-4-6-19(22)7-5-17/h2-7,13,16H,8-12,14H2,1H3,(H,24,27). The number of amides is 1. The van der Waals surface area contributed by atoms with Crippen LogP contribution in [0.3, 0.4) is 0 Å². The molecule has 0 saturated carbocycles. The minimum Gasteiger partial charge on any atom is -0.352 e. The minimum absolute atomic E-state index is 0.00799. The lowest BCUT2D eigenvalue weighted by molar-refractivity contribution is 0.0887. The van der Waals surface area contributed by atoms with Crippen molar-refractivity contribution in [2.24, 2.45) is 5.92 Å². The van der Waals surface area contributed by atoms with E-state index in [4.69, 9.17) is 0 Å². The largest absolute Gasteiger partial charge is 0.352 e. The van der Waals surface area contributed by atoms with Crippen molar-refractivity contribution in [3.05, 3.63) is 65.2 Å². The number of rotatable bonds is 6. The Labute approximate surface area is 158 Å². The van der Waals surface area contributed by atoms with Gasteiger partial charge in [0.25, 0.3) is 5.91 Å². The zero-order chi connectivity index (χ0) is 19.2. The van der Waals surface area contributed by atoms with Crippen molar-refractivity contribution >= 4 is 11.7 Å². The minimum atomic E-state index is -0.337. The van der Waals surface area contributed by atoms with Gasteiger partial charge in [0.05, 0.1) is 12.1 Å². The Hall–Kier alpha value is -2.60. The van der Waals surface area contributed by atoms with E-state index in [2.05, 4.69) is 15.2 Å². The highest BCUT2D eigenvalue weighted by Gasteiger charge is 2.22. The summed E-state index contributed by atoms with van der Waals surface area (Å²) in [6.07, 6.45) is 3.46. The van der Waals surface area contributed by atoms with E-state index in [1.165, 1.54) is 24.3 Å². The summed E-state index contributed by atoms with van der Waals surface area (Å²) in [6.45, 7) is 4.50. The second-order valence-electron chi connectivity index (χ2n) is 7.05. The molecular formula is C21H24FN3O2. The van der Waals surface area contributed by atoms with E-state index in [0.29, 0.717) is 30.1 Å². The summed E-state index contributed by atoms with van der Waals surface area (Å²) in [4.78, 5) is 30.7. The monoisotopic (exact) mass is 369 g/mol. The smallest absolute Gasteiger partial charge is 0.252 e. The number of aromatic nitrogens is 1. The van der Waals surface area contributed by atoms with Gasteiger partial charge in [-0.3, -0.25) is 19.5 Å². The average molecular weight is 369 g/mol. The fourth-order valence-electron chi connectivity index (χ4n) is 3.22. The molecule has 27 heavy (non-hydrogen) atoms. The number of halogens is 1. The van der Waals surface area contributed by atoms with E-state index in [9.17, 15) is 14.0 Å². The Kier molecular flexibility index (Phi) is 6.29. The first kappa shape index (κ1) is 19.2. The van der Waals surface area contributed by atoms with Crippen molar-refractivity contribution in [2.75, 3.05) is 26.2 Å². The molecule has 1 aliphatic rings. The van der Waals surface area contributed by atoms with Crippen LogP contribution < -0.4 is 5.32 Å². The highest BCUT2D eigenvalue weighted by Crippen LogP contribution is 2.17. The topological polar surface area (TPSA) is 62.3 Å². The normalized spacial score (nSPS) is 15.5. The highest BCUT2D eigenvalue weighted by atomic mass is 19.1. The van der Waals surface area contributed by atoms with Crippen molar-refractivity contribution in [3.8, 4) is 0 Å². The Morgan fingerprint density at radius 3 is 2.41 bits per heavy atom. The number of carbonyl (C=O) groups is 2. The van der Waals surface area contributed by atoms with E-state index in [-0.39, 0.29) is 17.5 Å². The third-order valence-electron chi connectivity index (χ3n) is 4.97. The van der Waals surface area contributed by atoms with E-state index in [1.807, 2.05) is 13.0 Å². The first-order valence-corrected chi connectivity index (χ1v) is 9.23. The fraction of sp³-hybridized carbons (Fsp3) is 0.381. The van der Waals surface area contributed by atoms with E-state index < -0.39 is 0 Å². The van der Waals surface area contributed by atoms with Crippen molar-refractivity contribution in [2.45, 2.75) is 19.8 Å². The third kappa shape index (κ3) is 5.44. The van der Waals surface area contributed by atoms with Gasteiger partial charge in [0.15, 0.2) is 5.78 Å². The number of benzene rings is 1. The maximum Gasteiger partial charge on any atom is 0.252 e. The van der Waals surface area contributed by atoms with E-state index >= 15 is 0 Å². The summed E-state index contributed by atoms with van der Waals surface area (Å²) in [5.74, 6) is -0.0228. The fourth-order valence-corrected chi connectivity index (χ4v) is 3.22. The maximum atomic E-state index is 13.0. The number of likely N-dealkylation sites (tertiary alicyclic amines) is 1. The quantitative estimate of drug-likeness (QED) is 0.796. The van der Waals surface area contributed by atoms with Gasteiger partial charge in [0.1, 0.15) is 5.82 Å². The molecule has 2 aromatic rings. The molecule has 1 amide bonds. The van der Waals surface area contributed by atoms with Crippen molar-refractivity contribution in [3.63, 3.8) is 0 Å². The van der Waals surface area contributed by atoms with Crippen LogP contribution >= 0.6 is 0 Å². The Balaban J connectivity index is 1.41. The number of aryl methyl sites for hydroxylation is 1. The summed E-state index contributed by atoms with van der Waals surface area (Å²) in [5, 5.41) is 2.97. The zero-order valence-electron chi connectivity index (χ0n) is 15.5. The summed E-state index contributed by atoms with van der Waals surface area (Å²) in [5.41, 5.74) is 1.99. The lowest BCUT2D eigenvalue weighted by Gasteiger charge is -2.31. The number of carbonyl (C=O) groups excluding carboxylic acids is 2. The molecule has 1 fully saturated rings. The molecular weight excluding hydrogens is 345 g/mol. The SMILES string of the molecule is Cc1ccc(C(=O)NCC2CCN(CC(=O)c3ccc(F)cc3)CC2)cn1. The summed E-state index contributed by atoms with van der Waals surface area (Å²) >= 11 is 0. The summed E-state index contributed by atoms with van der Waals surface area (Å²) in [7, 11) is 0. The number of nitrogens with one attached hydrogen (secondary N) is 1. The Morgan fingerprint density at radius 1 is 1.11 bits per heavy atom. The summed E-state index contributed by atoms with van der Waals surface area (Å²) < 4.78 is 13.0. The molecule has 0 bridgehead atoms. The number of hydrogen-bond donors (Lipinski definition) is 1. The van der Waals surface area contributed by atoms with Gasteiger partial charge in [-0.2, -0.15) is 0 Å². The van der Waals surface area contributed by atoms with Crippen LogP contribution in [0.2, 0.25) is 0 Å². The Morgan fingerprint density at radius 2 is 1.78 bits per heavy atom. The number of Topliss-reactive ketones (excluding diaryl/α,β-unsaturated/α-hetero) is 1. The van der Waals surface area contributed by atoms with Crippen molar-refractivity contribution < 1.29 is 14.0 Å². The third-order valence-corrected chi connectivity index (χ3v) is 4.97. The molecule has 0 atom stereocenters. The number of nitrogens with zero attached hydrogens (tertiary/aromatic N) is 2. The van der Waals surface area contributed by atoms with Gasteiger partial charge in [0.2, 0.25) is 0 Å². The summed E-state index contributed by atoms with van der Waals surface area (Å²) in [6, 6.07) is 9.28. The first-order chi connectivity index (χ1) is 13.0. The molecule has 0 spiro atoms. The molecule has 0 unspecified atom stereocenters. The molecule has 3 rings (SSSR count). The average Bonchev–Trinajstić information content (AvgIpc) is 2.68. The van der Waals surface area contributed by atoms with Gasteiger partial charge in [-0.1, -0.05) is 0 Å². The van der Waals surface area contributed by atoms with Gasteiger partial charge >= 0.3 is 0 Å². The van der Waals surface area contributed by atoms with Crippen LogP contribution in [0.4, 0.5) is 4.39 Å². The molecule has 5 nitrogen and oxygen atoms in total. The lowest BCUT2D eigenvalue weighted by atomic mass is 9.96. The number of pyridine rings is 1. The van der Waals surface area contributed by atoms with Gasteiger partial charge in [-0.15, -0.1) is 0 Å². The number of hydrogen-bond acceptors (Lipinski definition) is 4. The van der Waals surface area contributed by atoms with Crippen LogP contribution in [-0.2, 0) is 0 Å². The maximum absolute atomic E-state index is 13.0. The second kappa shape index (κ2) is 8.86. The highest BCUT2D eigenvalue weighted by molar-refractivity contribution is 5.97. The molecule has 1 aromatic carbocycles. The predicted octanol–water partition coefficient (Wildman–Crippen LogP) is 2.85. The molecule has 2 heterocycles. The van der Waals surface area contributed by atoms with Gasteiger partial charge in [-0.05, 0) is 75.2 Å². The molecule has 1 saturated heterocycles. The molecule has 1 aliphatic heterocycles. The van der Waals surface area contributed by atoms with Crippen LogP contribution in [0.5, 0.6) is 0 Å². The van der Waals surface area contributed by atoms with Crippen LogP contribution in [0.25, 0.3) is 0 Å². The first-order valence-electron chi connectivity index (χ1n) is 9.23. The van der Waals surface area contributed by atoms with Gasteiger partial charge < -0.3 is 5.32 Å². The predicted molar refractivity (Wildman–Crippen MR) is 101 cm³/mol. The van der Waals surface area contributed by atoms with Crippen molar-refractivity contribution in [1.82, 2.24) is 15.2 Å². The number of piperidine rings is 1. The van der Waals surface area contributed by atoms with Crippen LogP contribution in [-0.4, -0.2) is 47.8 Å². The lowest BCUT2D eigenvalue weighted by Crippen LogP contribution is -2.40. The van der Waals surface area contributed by atoms with E-state index in [1.54, 1.807) is 12.3 Å². The molecule has 1 aromatic heterocycles. The van der Waals surface area contributed by atoms with Gasteiger partial charge in [0, 0.05) is 24.0 Å². The van der Waals surface area contributed by atoms with E-state index in [0.717, 1.165) is 31.6 Å². The molecule has 0 radical (unpaired) electrons. The van der Waals surface area contributed by atoms with Crippen molar-refractivity contribution in [1.29, 1.82) is 0 Å². The molecule has 6 heteroatoms. The van der Waals surface area contributed by atoms with Crippen LogP contribution in [0.15, 0.2) is 42.6 Å². The molecule has 142 valence electrons. The number of ketones is 1. The molecule has 1 N–H and O–H groups in total. The zero-order valence-corrected chi connectivity index (χ0v) is 15.5.